The molecule has 1 rings (SSSR count). The van der Waals surface area contributed by atoms with E-state index in [4.69, 9.17) is 0 Å². The highest BCUT2D eigenvalue weighted by atomic mass is 15.3. The summed E-state index contributed by atoms with van der Waals surface area (Å²) in [6.07, 6.45) is 1.21. The zero-order valence-electron chi connectivity index (χ0n) is 12.9. The highest BCUT2D eigenvalue weighted by Gasteiger charge is 2.38. The van der Waals surface area contributed by atoms with Crippen molar-refractivity contribution in [2.75, 3.05) is 13.1 Å². The van der Waals surface area contributed by atoms with Crippen molar-refractivity contribution in [2.24, 2.45) is 11.8 Å². The van der Waals surface area contributed by atoms with Crippen molar-refractivity contribution in [3.05, 3.63) is 0 Å². The molecule has 0 radical (unpaired) electrons. The standard InChI is InChI=1S/C15H32N2/c1-8-15(7)10-17(13(6)11(2)3)14(9-16-15)12(4)5/h11-14,16H,8-10H2,1-7H3. The summed E-state index contributed by atoms with van der Waals surface area (Å²) >= 11 is 0. The fourth-order valence-electron chi connectivity index (χ4n) is 2.73. The normalized spacial score (nSPS) is 33.4. The molecule has 1 N–H and O–H groups in total. The van der Waals surface area contributed by atoms with E-state index in [1.165, 1.54) is 13.0 Å². The van der Waals surface area contributed by atoms with E-state index in [1.54, 1.807) is 0 Å². The minimum absolute atomic E-state index is 0.300. The lowest BCUT2D eigenvalue weighted by Gasteiger charge is -2.50. The monoisotopic (exact) mass is 240 g/mol. The van der Waals surface area contributed by atoms with Crippen LogP contribution < -0.4 is 5.32 Å². The summed E-state index contributed by atoms with van der Waals surface area (Å²) in [4.78, 5) is 2.75. The second-order valence-electron chi connectivity index (χ2n) is 6.76. The van der Waals surface area contributed by atoms with E-state index >= 15 is 0 Å². The maximum absolute atomic E-state index is 3.76. The molecule has 102 valence electrons. The Hall–Kier alpha value is -0.0800. The first kappa shape index (κ1) is 15.0. The van der Waals surface area contributed by atoms with Gasteiger partial charge in [-0.15, -0.1) is 0 Å². The molecular weight excluding hydrogens is 208 g/mol. The summed E-state index contributed by atoms with van der Waals surface area (Å²) < 4.78 is 0. The van der Waals surface area contributed by atoms with Crippen LogP contribution in [0.1, 0.15) is 54.9 Å². The average molecular weight is 240 g/mol. The van der Waals surface area contributed by atoms with Crippen molar-refractivity contribution < 1.29 is 0 Å². The first-order valence-corrected chi connectivity index (χ1v) is 7.31. The molecule has 0 amide bonds. The van der Waals surface area contributed by atoms with Crippen LogP contribution in [0.15, 0.2) is 0 Å². The molecule has 1 aliphatic rings. The number of hydrogen-bond donors (Lipinski definition) is 1. The second-order valence-corrected chi connectivity index (χ2v) is 6.76. The zero-order chi connectivity index (χ0) is 13.2. The topological polar surface area (TPSA) is 15.3 Å². The Bertz CT molecular complexity index is 237. The first-order chi connectivity index (χ1) is 7.80. The predicted octanol–water partition coefficient (Wildman–Crippen LogP) is 3.13. The molecule has 3 unspecified atom stereocenters. The van der Waals surface area contributed by atoms with Crippen LogP contribution in [0.2, 0.25) is 0 Å². The van der Waals surface area contributed by atoms with Crippen LogP contribution in [0.25, 0.3) is 0 Å². The third kappa shape index (κ3) is 3.45. The van der Waals surface area contributed by atoms with Gasteiger partial charge in [0.05, 0.1) is 0 Å². The number of rotatable bonds is 4. The minimum atomic E-state index is 0.300. The maximum atomic E-state index is 3.76. The number of nitrogens with one attached hydrogen (secondary N) is 1. The average Bonchev–Trinajstić information content (AvgIpc) is 2.27. The molecule has 0 bridgehead atoms. The van der Waals surface area contributed by atoms with Gasteiger partial charge in [0.2, 0.25) is 0 Å². The molecule has 0 spiro atoms. The Morgan fingerprint density at radius 1 is 1.24 bits per heavy atom. The lowest BCUT2D eigenvalue weighted by molar-refractivity contribution is 0.0153. The van der Waals surface area contributed by atoms with Crippen LogP contribution in [-0.2, 0) is 0 Å². The van der Waals surface area contributed by atoms with Gasteiger partial charge in [0.15, 0.2) is 0 Å². The van der Waals surface area contributed by atoms with Gasteiger partial charge in [0.1, 0.15) is 0 Å². The van der Waals surface area contributed by atoms with Crippen LogP contribution >= 0.6 is 0 Å². The molecule has 1 fully saturated rings. The Labute approximate surface area is 108 Å². The molecule has 1 saturated heterocycles. The molecule has 3 atom stereocenters. The smallest absolute Gasteiger partial charge is 0.0278 e. The second kappa shape index (κ2) is 5.71. The first-order valence-electron chi connectivity index (χ1n) is 7.31. The Morgan fingerprint density at radius 3 is 2.24 bits per heavy atom. The third-order valence-electron chi connectivity index (χ3n) is 4.73. The largest absolute Gasteiger partial charge is 0.309 e. The van der Waals surface area contributed by atoms with Crippen molar-refractivity contribution in [1.82, 2.24) is 10.2 Å². The summed E-state index contributed by atoms with van der Waals surface area (Å²) in [5.41, 5.74) is 0.300. The Kier molecular flexibility index (Phi) is 5.03. The molecule has 0 saturated carbocycles. The van der Waals surface area contributed by atoms with E-state index < -0.39 is 0 Å². The molecule has 1 aliphatic heterocycles. The SMILES string of the molecule is CCC1(C)CN(C(C)C(C)C)C(C(C)C)CN1. The predicted molar refractivity (Wildman–Crippen MR) is 76.3 cm³/mol. The lowest BCUT2D eigenvalue weighted by atomic mass is 9.87. The summed E-state index contributed by atoms with van der Waals surface area (Å²) in [7, 11) is 0. The van der Waals surface area contributed by atoms with Crippen LogP contribution in [0, 0.1) is 11.8 Å². The fraction of sp³-hybridized carbons (Fsp3) is 1.00. The molecule has 0 aliphatic carbocycles. The van der Waals surface area contributed by atoms with Crippen LogP contribution in [0.3, 0.4) is 0 Å². The number of hydrogen-bond acceptors (Lipinski definition) is 2. The number of piperazine rings is 1. The van der Waals surface area contributed by atoms with Gasteiger partial charge < -0.3 is 5.32 Å². The highest BCUT2D eigenvalue weighted by molar-refractivity contribution is 4.97. The van der Waals surface area contributed by atoms with Gasteiger partial charge >= 0.3 is 0 Å². The number of nitrogens with zero attached hydrogens (tertiary/aromatic N) is 1. The molecular formula is C15H32N2. The van der Waals surface area contributed by atoms with E-state index in [0.29, 0.717) is 17.6 Å². The van der Waals surface area contributed by atoms with Crippen molar-refractivity contribution in [3.63, 3.8) is 0 Å². The zero-order valence-corrected chi connectivity index (χ0v) is 12.9. The molecule has 0 aromatic rings. The van der Waals surface area contributed by atoms with Crippen molar-refractivity contribution in [2.45, 2.75) is 72.5 Å². The van der Waals surface area contributed by atoms with Crippen LogP contribution in [-0.4, -0.2) is 35.6 Å². The molecule has 0 aromatic carbocycles. The quantitative estimate of drug-likeness (QED) is 0.812. The van der Waals surface area contributed by atoms with Crippen LogP contribution in [0.4, 0.5) is 0 Å². The summed E-state index contributed by atoms with van der Waals surface area (Å²) in [6.45, 7) is 18.7. The third-order valence-corrected chi connectivity index (χ3v) is 4.73. The Balaban J connectivity index is 2.83. The molecule has 17 heavy (non-hydrogen) atoms. The van der Waals surface area contributed by atoms with Gasteiger partial charge in [-0.1, -0.05) is 34.6 Å². The van der Waals surface area contributed by atoms with Crippen LogP contribution in [0.5, 0.6) is 0 Å². The van der Waals surface area contributed by atoms with E-state index in [2.05, 4.69) is 58.7 Å². The van der Waals surface area contributed by atoms with Crippen molar-refractivity contribution in [1.29, 1.82) is 0 Å². The van der Waals surface area contributed by atoms with E-state index in [-0.39, 0.29) is 0 Å². The summed E-state index contributed by atoms with van der Waals surface area (Å²) in [5.74, 6) is 1.46. The summed E-state index contributed by atoms with van der Waals surface area (Å²) in [5, 5.41) is 3.76. The maximum Gasteiger partial charge on any atom is 0.0278 e. The van der Waals surface area contributed by atoms with E-state index in [1.807, 2.05) is 0 Å². The summed E-state index contributed by atoms with van der Waals surface area (Å²) in [6, 6.07) is 1.36. The lowest BCUT2D eigenvalue weighted by Crippen LogP contribution is -2.66. The molecule has 0 aromatic heterocycles. The van der Waals surface area contributed by atoms with E-state index in [9.17, 15) is 0 Å². The van der Waals surface area contributed by atoms with Crippen molar-refractivity contribution in [3.8, 4) is 0 Å². The highest BCUT2D eigenvalue weighted by Crippen LogP contribution is 2.26. The van der Waals surface area contributed by atoms with Crippen molar-refractivity contribution >= 4 is 0 Å². The minimum Gasteiger partial charge on any atom is -0.309 e. The molecule has 1 heterocycles. The molecule has 2 heteroatoms. The van der Waals surface area contributed by atoms with Gasteiger partial charge in [-0.25, -0.2) is 0 Å². The van der Waals surface area contributed by atoms with Gasteiger partial charge in [-0.3, -0.25) is 4.90 Å². The van der Waals surface area contributed by atoms with Gasteiger partial charge in [-0.2, -0.15) is 0 Å². The fourth-order valence-corrected chi connectivity index (χ4v) is 2.73. The van der Waals surface area contributed by atoms with E-state index in [0.717, 1.165) is 18.4 Å². The van der Waals surface area contributed by atoms with Gasteiger partial charge in [0.25, 0.3) is 0 Å². The molecule has 2 nitrogen and oxygen atoms in total. The van der Waals surface area contributed by atoms with Gasteiger partial charge in [0, 0.05) is 30.7 Å². The Morgan fingerprint density at radius 2 is 1.82 bits per heavy atom. The van der Waals surface area contributed by atoms with Gasteiger partial charge in [-0.05, 0) is 32.1 Å².